The van der Waals surface area contributed by atoms with Crippen molar-refractivity contribution in [3.05, 3.63) is 11.9 Å². The van der Waals surface area contributed by atoms with E-state index in [1.54, 1.807) is 7.05 Å². The first kappa shape index (κ1) is 15.5. The zero-order valence-corrected chi connectivity index (χ0v) is 11.6. The molecular weight excluding hydrogens is 259 g/mol. The topological polar surface area (TPSA) is 47.0 Å². The van der Waals surface area contributed by atoms with Crippen LogP contribution < -0.4 is 10.1 Å². The molecule has 19 heavy (non-hydrogen) atoms. The number of hydrogen-bond donors (Lipinski definition) is 1. The van der Waals surface area contributed by atoms with Crippen molar-refractivity contribution in [3.8, 4) is 5.88 Å². The summed E-state index contributed by atoms with van der Waals surface area (Å²) in [6, 6.07) is 1.34. The van der Waals surface area contributed by atoms with Crippen LogP contribution in [0.5, 0.6) is 5.88 Å². The Kier molecular flexibility index (Phi) is 4.27. The Morgan fingerprint density at radius 2 is 1.79 bits per heavy atom. The fraction of sp³-hybridized carbons (Fsp3) is 0.667. The van der Waals surface area contributed by atoms with E-state index in [1.807, 2.05) is 20.8 Å². The van der Waals surface area contributed by atoms with Gasteiger partial charge in [0.1, 0.15) is 11.6 Å². The first-order valence-electron chi connectivity index (χ1n) is 5.84. The summed E-state index contributed by atoms with van der Waals surface area (Å²) in [6.45, 7) is 6.56. The average molecular weight is 277 g/mol. The normalized spacial score (nSPS) is 14.1. The Morgan fingerprint density at radius 1 is 1.21 bits per heavy atom. The van der Waals surface area contributed by atoms with Crippen LogP contribution in [0, 0.1) is 0 Å². The maximum absolute atomic E-state index is 12.5. The molecule has 1 aromatic heterocycles. The highest BCUT2D eigenvalue weighted by Gasteiger charge is 2.38. The summed E-state index contributed by atoms with van der Waals surface area (Å²) in [6.07, 6.45) is -6.34. The molecule has 4 nitrogen and oxygen atoms in total. The molecule has 0 radical (unpaired) electrons. The predicted octanol–water partition coefficient (Wildman–Crippen LogP) is 3.15. The predicted molar refractivity (Wildman–Crippen MR) is 66.4 cm³/mol. The lowest BCUT2D eigenvalue weighted by Gasteiger charge is -2.21. The molecule has 0 spiro atoms. The summed E-state index contributed by atoms with van der Waals surface area (Å²) in [5.41, 5.74) is -0.382. The molecule has 0 bridgehead atoms. The van der Waals surface area contributed by atoms with Gasteiger partial charge < -0.3 is 10.1 Å². The first-order valence-corrected chi connectivity index (χ1v) is 5.84. The molecule has 1 atom stereocenters. The smallest absolute Gasteiger partial charge is 0.425 e. The summed E-state index contributed by atoms with van der Waals surface area (Å²) in [4.78, 5) is 8.24. The maximum atomic E-state index is 12.5. The monoisotopic (exact) mass is 277 g/mol. The lowest BCUT2D eigenvalue weighted by Crippen LogP contribution is -2.31. The second kappa shape index (κ2) is 5.22. The molecule has 0 aliphatic heterocycles. The van der Waals surface area contributed by atoms with E-state index < -0.39 is 12.3 Å². The van der Waals surface area contributed by atoms with Gasteiger partial charge in [-0.05, 0) is 6.92 Å². The Morgan fingerprint density at radius 3 is 2.21 bits per heavy atom. The van der Waals surface area contributed by atoms with Crippen molar-refractivity contribution in [3.63, 3.8) is 0 Å². The van der Waals surface area contributed by atoms with E-state index in [2.05, 4.69) is 15.3 Å². The number of nitrogens with one attached hydrogen (secondary N) is 1. The quantitative estimate of drug-likeness (QED) is 0.922. The minimum Gasteiger partial charge on any atom is -0.465 e. The van der Waals surface area contributed by atoms with E-state index in [4.69, 9.17) is 4.74 Å². The molecule has 0 amide bonds. The lowest BCUT2D eigenvalue weighted by atomic mass is 9.96. The molecule has 0 saturated carbocycles. The molecule has 0 fully saturated rings. The molecular formula is C12H18F3N3O. The molecule has 7 heteroatoms. The molecule has 1 heterocycles. The summed E-state index contributed by atoms with van der Waals surface area (Å²) in [5, 5.41) is 2.78. The summed E-state index contributed by atoms with van der Waals surface area (Å²) >= 11 is 0. The molecule has 108 valence electrons. The number of rotatable bonds is 3. The summed E-state index contributed by atoms with van der Waals surface area (Å²) in [5.74, 6) is 0.752. The third-order valence-electron chi connectivity index (χ3n) is 2.39. The molecule has 0 saturated heterocycles. The molecule has 1 unspecified atom stereocenters. The summed E-state index contributed by atoms with van der Waals surface area (Å²) in [7, 11) is 1.63. The van der Waals surface area contributed by atoms with Gasteiger partial charge in [0, 0.05) is 18.5 Å². The van der Waals surface area contributed by atoms with Gasteiger partial charge in [-0.15, -0.1) is 0 Å². The molecule has 0 aromatic carbocycles. The molecule has 1 rings (SSSR count). The van der Waals surface area contributed by atoms with Crippen LogP contribution in [0.15, 0.2) is 6.07 Å². The number of halogens is 3. The van der Waals surface area contributed by atoms with E-state index in [0.29, 0.717) is 11.6 Å². The SMILES string of the molecule is CNc1cc(OC(C)C(F)(F)F)nc(C(C)(C)C)n1. The Bertz CT molecular complexity index is 441. The minimum absolute atomic E-state index is 0.0888. The van der Waals surface area contributed by atoms with Crippen molar-refractivity contribution in [1.29, 1.82) is 0 Å². The van der Waals surface area contributed by atoms with Crippen LogP contribution in [0.2, 0.25) is 0 Å². The number of alkyl halides is 3. The Balaban J connectivity index is 3.08. The minimum atomic E-state index is -4.42. The van der Waals surface area contributed by atoms with Gasteiger partial charge in [0.15, 0.2) is 6.10 Å². The first-order chi connectivity index (χ1) is 8.54. The summed E-state index contributed by atoms with van der Waals surface area (Å²) < 4.78 is 42.2. The number of aromatic nitrogens is 2. The average Bonchev–Trinajstić information content (AvgIpc) is 2.26. The van der Waals surface area contributed by atoms with Crippen LogP contribution in [0.1, 0.15) is 33.5 Å². The fourth-order valence-electron chi connectivity index (χ4n) is 1.20. The Labute approximate surface area is 110 Å². The van der Waals surface area contributed by atoms with E-state index >= 15 is 0 Å². The molecule has 1 N–H and O–H groups in total. The molecule has 0 aliphatic carbocycles. The van der Waals surface area contributed by atoms with Crippen LogP contribution in [0.3, 0.4) is 0 Å². The van der Waals surface area contributed by atoms with Crippen molar-refractivity contribution in [2.24, 2.45) is 0 Å². The van der Waals surface area contributed by atoms with Gasteiger partial charge in [-0.2, -0.15) is 18.2 Å². The van der Waals surface area contributed by atoms with Gasteiger partial charge >= 0.3 is 6.18 Å². The van der Waals surface area contributed by atoms with Gasteiger partial charge in [0.05, 0.1) is 0 Å². The number of ether oxygens (including phenoxy) is 1. The van der Waals surface area contributed by atoms with Crippen LogP contribution >= 0.6 is 0 Å². The van der Waals surface area contributed by atoms with Crippen molar-refractivity contribution in [1.82, 2.24) is 9.97 Å². The zero-order valence-electron chi connectivity index (χ0n) is 11.6. The second-order valence-electron chi connectivity index (χ2n) is 5.22. The molecule has 0 aliphatic rings. The number of hydrogen-bond acceptors (Lipinski definition) is 4. The van der Waals surface area contributed by atoms with Gasteiger partial charge in [0.2, 0.25) is 5.88 Å². The molecule has 1 aromatic rings. The zero-order chi connectivity index (χ0) is 14.8. The van der Waals surface area contributed by atoms with E-state index in [-0.39, 0.29) is 11.3 Å². The van der Waals surface area contributed by atoms with Crippen molar-refractivity contribution >= 4 is 5.82 Å². The van der Waals surface area contributed by atoms with Gasteiger partial charge in [-0.1, -0.05) is 20.8 Å². The van der Waals surface area contributed by atoms with E-state index in [1.165, 1.54) is 6.07 Å². The van der Waals surface area contributed by atoms with E-state index in [9.17, 15) is 13.2 Å². The highest BCUT2D eigenvalue weighted by molar-refractivity contribution is 5.38. The second-order valence-corrected chi connectivity index (χ2v) is 5.22. The highest BCUT2D eigenvalue weighted by atomic mass is 19.4. The third-order valence-corrected chi connectivity index (χ3v) is 2.39. The van der Waals surface area contributed by atoms with Crippen LogP contribution in [-0.2, 0) is 5.41 Å². The van der Waals surface area contributed by atoms with Crippen molar-refractivity contribution < 1.29 is 17.9 Å². The Hall–Kier alpha value is -1.53. The van der Waals surface area contributed by atoms with Crippen molar-refractivity contribution in [2.75, 3.05) is 12.4 Å². The fourth-order valence-corrected chi connectivity index (χ4v) is 1.20. The van der Waals surface area contributed by atoms with Gasteiger partial charge in [-0.25, -0.2) is 4.98 Å². The van der Waals surface area contributed by atoms with Gasteiger partial charge in [-0.3, -0.25) is 0 Å². The third kappa shape index (κ3) is 4.25. The number of nitrogens with zero attached hydrogens (tertiary/aromatic N) is 2. The standard InChI is InChI=1S/C12H18F3N3O/c1-7(12(13,14)15)19-9-6-8(16-5)17-10(18-9)11(2,3)4/h6-7H,1-5H3,(H,16,17,18). The van der Waals surface area contributed by atoms with Crippen molar-refractivity contribution in [2.45, 2.75) is 45.4 Å². The highest BCUT2D eigenvalue weighted by Crippen LogP contribution is 2.27. The maximum Gasteiger partial charge on any atom is 0.425 e. The van der Waals surface area contributed by atoms with E-state index in [0.717, 1.165) is 6.92 Å². The lowest BCUT2D eigenvalue weighted by molar-refractivity contribution is -0.190. The largest absolute Gasteiger partial charge is 0.465 e. The van der Waals surface area contributed by atoms with Crippen LogP contribution in [0.4, 0.5) is 19.0 Å². The van der Waals surface area contributed by atoms with Crippen LogP contribution in [-0.4, -0.2) is 29.3 Å². The van der Waals surface area contributed by atoms with Crippen LogP contribution in [0.25, 0.3) is 0 Å². The number of anilines is 1. The van der Waals surface area contributed by atoms with Gasteiger partial charge in [0.25, 0.3) is 0 Å².